The van der Waals surface area contributed by atoms with Crippen molar-refractivity contribution in [1.82, 2.24) is 10.3 Å². The van der Waals surface area contributed by atoms with Gasteiger partial charge >= 0.3 is 0 Å². The van der Waals surface area contributed by atoms with Gasteiger partial charge in [-0.15, -0.1) is 0 Å². The third kappa shape index (κ3) is 4.95. The number of nitrogens with one attached hydrogen (secondary N) is 1. The van der Waals surface area contributed by atoms with Crippen molar-refractivity contribution in [2.24, 2.45) is 23.5 Å². The van der Waals surface area contributed by atoms with Crippen LogP contribution in [0, 0.1) is 17.8 Å². The van der Waals surface area contributed by atoms with E-state index in [9.17, 15) is 9.59 Å². The van der Waals surface area contributed by atoms with Crippen molar-refractivity contribution in [3.8, 4) is 0 Å². The van der Waals surface area contributed by atoms with Crippen molar-refractivity contribution >= 4 is 28.4 Å². The second-order valence-corrected chi connectivity index (χ2v) is 7.93. The number of anilines is 1. The number of carbonyl (C=O) groups is 2. The molecule has 3 aromatic rings. The Morgan fingerprint density at radius 3 is 2.43 bits per heavy atom. The topological polar surface area (TPSA) is 111 Å². The Hall–Kier alpha value is -3.41. The quantitative estimate of drug-likeness (QED) is 0.536. The number of hydrogen-bond acceptors (Lipinski definition) is 4. The predicted octanol–water partition coefficient (Wildman–Crippen LogP) is 3.05. The van der Waals surface area contributed by atoms with Crippen LogP contribution in [0.3, 0.4) is 0 Å². The smallest absolute Gasteiger partial charge is 0.224 e. The van der Waals surface area contributed by atoms with Gasteiger partial charge in [-0.3, -0.25) is 9.59 Å². The Kier molecular flexibility index (Phi) is 6.67. The summed E-state index contributed by atoms with van der Waals surface area (Å²) in [6.07, 6.45) is 2.06. The van der Waals surface area contributed by atoms with Gasteiger partial charge in [-0.1, -0.05) is 62.4 Å². The summed E-state index contributed by atoms with van der Waals surface area (Å²) in [5, 5.41) is 5.13. The molecule has 0 spiro atoms. The zero-order chi connectivity index (χ0) is 21.7. The highest BCUT2D eigenvalue weighted by Crippen LogP contribution is 2.28. The lowest BCUT2D eigenvalue weighted by Crippen LogP contribution is -2.43. The molecule has 6 heteroatoms. The summed E-state index contributed by atoms with van der Waals surface area (Å²) in [6, 6.07) is 17.6. The Morgan fingerprint density at radius 1 is 1.03 bits per heavy atom. The number of nitrogens with two attached hydrogens (primary N) is 2. The number of primary amides is 1. The summed E-state index contributed by atoms with van der Waals surface area (Å²) in [4.78, 5) is 29.5. The maximum Gasteiger partial charge on any atom is 0.224 e. The molecule has 1 heterocycles. The maximum absolute atomic E-state index is 13.2. The van der Waals surface area contributed by atoms with Crippen LogP contribution in [0.5, 0.6) is 0 Å². The van der Waals surface area contributed by atoms with Crippen LogP contribution in [0.2, 0.25) is 0 Å². The fourth-order valence-corrected chi connectivity index (χ4v) is 3.94. The molecule has 0 saturated heterocycles. The van der Waals surface area contributed by atoms with Crippen molar-refractivity contribution < 1.29 is 9.59 Å². The van der Waals surface area contributed by atoms with Gasteiger partial charge in [0.25, 0.3) is 0 Å². The minimum Gasteiger partial charge on any atom is -0.384 e. The molecule has 2 amide bonds. The van der Waals surface area contributed by atoms with Gasteiger partial charge in [0.05, 0.1) is 11.8 Å². The third-order valence-electron chi connectivity index (χ3n) is 5.45. The number of pyridine rings is 1. The number of fused-ring (bicyclic) bond motifs is 1. The highest BCUT2D eigenvalue weighted by atomic mass is 16.2. The van der Waals surface area contributed by atoms with Crippen molar-refractivity contribution in [3.63, 3.8) is 0 Å². The molecule has 0 bridgehead atoms. The fraction of sp³-hybridized carbons (Fsp3) is 0.292. The van der Waals surface area contributed by atoms with Gasteiger partial charge in [0.15, 0.2) is 0 Å². The molecule has 6 nitrogen and oxygen atoms in total. The van der Waals surface area contributed by atoms with Crippen LogP contribution in [0.25, 0.3) is 10.8 Å². The Balaban J connectivity index is 1.88. The lowest BCUT2D eigenvalue weighted by Gasteiger charge is -2.27. The Labute approximate surface area is 176 Å². The molecule has 1 unspecified atom stereocenters. The first-order chi connectivity index (χ1) is 14.4. The molecule has 156 valence electrons. The molecule has 0 aliphatic heterocycles. The first-order valence-corrected chi connectivity index (χ1v) is 10.1. The minimum atomic E-state index is -0.575. The molecule has 5 N–H and O–H groups in total. The van der Waals surface area contributed by atoms with Crippen LogP contribution in [0.1, 0.15) is 25.0 Å². The number of benzene rings is 2. The Bertz CT molecular complexity index is 1030. The lowest BCUT2D eigenvalue weighted by atomic mass is 9.78. The molecule has 0 saturated carbocycles. The second kappa shape index (κ2) is 9.39. The summed E-state index contributed by atoms with van der Waals surface area (Å²) >= 11 is 0. The monoisotopic (exact) mass is 404 g/mol. The van der Waals surface area contributed by atoms with Crippen LogP contribution in [0.15, 0.2) is 60.8 Å². The average molecular weight is 405 g/mol. The molecule has 0 fully saturated rings. The van der Waals surface area contributed by atoms with Crippen molar-refractivity contribution in [2.75, 3.05) is 5.73 Å². The second-order valence-electron chi connectivity index (χ2n) is 7.93. The van der Waals surface area contributed by atoms with Gasteiger partial charge < -0.3 is 16.8 Å². The van der Waals surface area contributed by atoms with Crippen LogP contribution >= 0.6 is 0 Å². The standard InChI is InChI=1S/C24H28N4O2/c1-15(2)22(23(26)29)20(24(30)28-14-16-10-11-21(25)27-13-16)12-18-8-5-7-17-6-3-4-9-19(17)18/h3-11,13,15,20,22H,12,14H2,1-2H3,(H2,25,27)(H2,26,29)(H,28,30)/t20-,22?/m0/s1. The largest absolute Gasteiger partial charge is 0.384 e. The van der Waals surface area contributed by atoms with Gasteiger partial charge in [-0.05, 0) is 40.3 Å². The number of nitrogen functional groups attached to an aromatic ring is 1. The summed E-state index contributed by atoms with van der Waals surface area (Å²) in [6.45, 7) is 4.15. The van der Waals surface area contributed by atoms with E-state index in [-0.39, 0.29) is 11.8 Å². The van der Waals surface area contributed by atoms with E-state index in [1.54, 1.807) is 12.3 Å². The average Bonchev–Trinajstić information content (AvgIpc) is 2.72. The van der Waals surface area contributed by atoms with Gasteiger partial charge in [-0.2, -0.15) is 0 Å². The zero-order valence-corrected chi connectivity index (χ0v) is 17.3. The van der Waals surface area contributed by atoms with Gasteiger partial charge in [0, 0.05) is 12.7 Å². The first kappa shape index (κ1) is 21.3. The van der Waals surface area contributed by atoms with Gasteiger partial charge in [0.1, 0.15) is 5.82 Å². The van der Waals surface area contributed by atoms with Gasteiger partial charge in [-0.25, -0.2) is 4.98 Å². The summed E-state index contributed by atoms with van der Waals surface area (Å²) in [7, 11) is 0. The van der Waals surface area contributed by atoms with E-state index in [0.29, 0.717) is 18.8 Å². The van der Waals surface area contributed by atoms with Crippen molar-refractivity contribution in [3.05, 3.63) is 71.9 Å². The lowest BCUT2D eigenvalue weighted by molar-refractivity contribution is -0.134. The molecule has 30 heavy (non-hydrogen) atoms. The highest BCUT2D eigenvalue weighted by Gasteiger charge is 2.35. The third-order valence-corrected chi connectivity index (χ3v) is 5.45. The number of carbonyl (C=O) groups excluding carboxylic acids is 2. The van der Waals surface area contributed by atoms with Crippen LogP contribution in [-0.4, -0.2) is 16.8 Å². The summed E-state index contributed by atoms with van der Waals surface area (Å²) < 4.78 is 0. The fourth-order valence-electron chi connectivity index (χ4n) is 3.94. The number of hydrogen-bond donors (Lipinski definition) is 3. The van der Waals surface area contributed by atoms with Crippen molar-refractivity contribution in [2.45, 2.75) is 26.8 Å². The molecule has 2 aromatic carbocycles. The van der Waals surface area contributed by atoms with E-state index < -0.39 is 17.7 Å². The van der Waals surface area contributed by atoms with Crippen LogP contribution < -0.4 is 16.8 Å². The van der Waals surface area contributed by atoms with Crippen molar-refractivity contribution in [1.29, 1.82) is 0 Å². The normalized spacial score (nSPS) is 13.2. The molecule has 3 rings (SSSR count). The molecule has 0 aliphatic carbocycles. The number of amides is 2. The van der Waals surface area contributed by atoms with E-state index in [4.69, 9.17) is 11.5 Å². The molecule has 2 atom stereocenters. The van der Waals surface area contributed by atoms with Gasteiger partial charge in [0.2, 0.25) is 11.8 Å². The zero-order valence-electron chi connectivity index (χ0n) is 17.3. The molecular formula is C24H28N4O2. The molecule has 0 radical (unpaired) electrons. The SMILES string of the molecule is CC(C)C(C(N)=O)[C@H](Cc1cccc2ccccc12)C(=O)NCc1ccc(N)nc1. The minimum absolute atomic E-state index is 0.0635. The van der Waals surface area contributed by atoms with E-state index in [0.717, 1.165) is 21.9 Å². The first-order valence-electron chi connectivity index (χ1n) is 10.1. The molecular weight excluding hydrogens is 376 g/mol. The number of rotatable bonds is 8. The molecule has 0 aliphatic rings. The number of aromatic nitrogens is 1. The van der Waals surface area contributed by atoms with E-state index in [2.05, 4.69) is 10.3 Å². The van der Waals surface area contributed by atoms with Crippen LogP contribution in [0.4, 0.5) is 5.82 Å². The summed E-state index contributed by atoms with van der Waals surface area (Å²) in [5.41, 5.74) is 13.2. The molecule has 1 aromatic heterocycles. The Morgan fingerprint density at radius 2 is 1.77 bits per heavy atom. The van der Waals surface area contributed by atoms with Crippen LogP contribution in [-0.2, 0) is 22.6 Å². The van der Waals surface area contributed by atoms with E-state index >= 15 is 0 Å². The number of nitrogens with zero attached hydrogens (tertiary/aromatic N) is 1. The predicted molar refractivity (Wildman–Crippen MR) is 119 cm³/mol. The van der Waals surface area contributed by atoms with E-state index in [1.807, 2.05) is 62.4 Å². The van der Waals surface area contributed by atoms with E-state index in [1.165, 1.54) is 0 Å². The highest BCUT2D eigenvalue weighted by molar-refractivity contribution is 5.89. The summed E-state index contributed by atoms with van der Waals surface area (Å²) in [5.74, 6) is -1.45. The maximum atomic E-state index is 13.2.